The Kier molecular flexibility index (Phi) is 12.7. The highest BCUT2D eigenvalue weighted by atomic mass is 16.1. The predicted octanol–water partition coefficient (Wildman–Crippen LogP) is 5.23. The molecule has 0 aromatic rings. The second-order valence-corrected chi connectivity index (χ2v) is 6.10. The lowest BCUT2D eigenvalue weighted by Crippen LogP contribution is -2.36. The molecule has 0 aliphatic heterocycles. The topological polar surface area (TPSA) is 29.1 Å². The first-order valence-corrected chi connectivity index (χ1v) is 8.56. The SMILES string of the molecule is C=CC(=O)NC1CCCC(C)C1.CCCCCCCC. The number of unbranched alkanes of at least 4 members (excludes halogenated alkanes) is 5. The second-order valence-electron chi connectivity index (χ2n) is 6.10. The molecule has 0 saturated heterocycles. The second kappa shape index (κ2) is 13.2. The summed E-state index contributed by atoms with van der Waals surface area (Å²) in [7, 11) is 0. The van der Waals surface area contributed by atoms with E-state index in [1.807, 2.05) is 0 Å². The molecule has 1 saturated carbocycles. The van der Waals surface area contributed by atoms with Gasteiger partial charge >= 0.3 is 0 Å². The maximum Gasteiger partial charge on any atom is 0.243 e. The van der Waals surface area contributed by atoms with Gasteiger partial charge in [0.25, 0.3) is 0 Å². The van der Waals surface area contributed by atoms with Crippen molar-refractivity contribution in [2.45, 2.75) is 91.0 Å². The Morgan fingerprint density at radius 1 is 1.15 bits per heavy atom. The van der Waals surface area contributed by atoms with Gasteiger partial charge in [0.05, 0.1) is 0 Å². The van der Waals surface area contributed by atoms with Crippen molar-refractivity contribution in [1.82, 2.24) is 5.32 Å². The number of nitrogens with one attached hydrogen (secondary N) is 1. The molecule has 1 rings (SSSR count). The van der Waals surface area contributed by atoms with Gasteiger partial charge in [0, 0.05) is 6.04 Å². The molecular weight excluding hydrogens is 246 g/mol. The number of hydrogen-bond acceptors (Lipinski definition) is 1. The van der Waals surface area contributed by atoms with E-state index in [-0.39, 0.29) is 5.91 Å². The van der Waals surface area contributed by atoms with Gasteiger partial charge in [-0.2, -0.15) is 0 Å². The Morgan fingerprint density at radius 3 is 2.20 bits per heavy atom. The van der Waals surface area contributed by atoms with Gasteiger partial charge in [-0.25, -0.2) is 0 Å². The van der Waals surface area contributed by atoms with Crippen LogP contribution in [0.4, 0.5) is 0 Å². The number of rotatable bonds is 7. The fourth-order valence-corrected chi connectivity index (χ4v) is 2.68. The summed E-state index contributed by atoms with van der Waals surface area (Å²) in [5, 5.41) is 2.94. The Labute approximate surface area is 126 Å². The van der Waals surface area contributed by atoms with Crippen molar-refractivity contribution in [2.24, 2.45) is 5.92 Å². The number of amides is 1. The lowest BCUT2D eigenvalue weighted by Gasteiger charge is -2.26. The van der Waals surface area contributed by atoms with Crippen LogP contribution in [0.3, 0.4) is 0 Å². The van der Waals surface area contributed by atoms with Gasteiger partial charge in [-0.3, -0.25) is 4.79 Å². The third kappa shape index (κ3) is 11.1. The molecule has 1 fully saturated rings. The van der Waals surface area contributed by atoms with E-state index in [0.29, 0.717) is 6.04 Å². The van der Waals surface area contributed by atoms with Crippen LogP contribution in [0, 0.1) is 5.92 Å². The van der Waals surface area contributed by atoms with Gasteiger partial charge in [0.2, 0.25) is 5.91 Å². The molecule has 2 nitrogen and oxygen atoms in total. The molecule has 0 heterocycles. The Morgan fingerprint density at radius 2 is 1.75 bits per heavy atom. The molecule has 118 valence electrons. The van der Waals surface area contributed by atoms with Gasteiger partial charge in [-0.05, 0) is 24.8 Å². The Hall–Kier alpha value is -0.790. The van der Waals surface area contributed by atoms with Crippen molar-refractivity contribution >= 4 is 5.91 Å². The predicted molar refractivity (Wildman–Crippen MR) is 88.8 cm³/mol. The average Bonchev–Trinajstić information content (AvgIpc) is 2.44. The van der Waals surface area contributed by atoms with Crippen molar-refractivity contribution in [1.29, 1.82) is 0 Å². The summed E-state index contributed by atoms with van der Waals surface area (Å²) in [4.78, 5) is 11.0. The Bertz CT molecular complexity index is 244. The summed E-state index contributed by atoms with van der Waals surface area (Å²) in [6.45, 7) is 10.2. The average molecular weight is 281 g/mol. The monoisotopic (exact) mass is 281 g/mol. The van der Waals surface area contributed by atoms with Gasteiger partial charge in [0.1, 0.15) is 0 Å². The van der Waals surface area contributed by atoms with E-state index in [4.69, 9.17) is 0 Å². The van der Waals surface area contributed by atoms with E-state index in [9.17, 15) is 4.79 Å². The van der Waals surface area contributed by atoms with E-state index < -0.39 is 0 Å². The summed E-state index contributed by atoms with van der Waals surface area (Å²) >= 11 is 0. The van der Waals surface area contributed by atoms with Crippen molar-refractivity contribution < 1.29 is 4.79 Å². The van der Waals surface area contributed by atoms with E-state index >= 15 is 0 Å². The molecule has 1 aliphatic carbocycles. The lowest BCUT2D eigenvalue weighted by molar-refractivity contribution is -0.117. The highest BCUT2D eigenvalue weighted by Crippen LogP contribution is 2.23. The molecule has 1 amide bonds. The molecule has 1 aliphatic rings. The third-order valence-electron chi connectivity index (χ3n) is 3.93. The van der Waals surface area contributed by atoms with Crippen molar-refractivity contribution in [2.75, 3.05) is 0 Å². The molecule has 1 N–H and O–H groups in total. The van der Waals surface area contributed by atoms with Crippen LogP contribution in [0.25, 0.3) is 0 Å². The lowest BCUT2D eigenvalue weighted by atomic mass is 9.87. The van der Waals surface area contributed by atoms with E-state index in [1.165, 1.54) is 57.4 Å². The zero-order valence-electron chi connectivity index (χ0n) is 13.9. The number of carbonyl (C=O) groups excluding carboxylic acids is 1. The normalized spacial score (nSPS) is 21.6. The first kappa shape index (κ1) is 19.2. The van der Waals surface area contributed by atoms with E-state index in [1.54, 1.807) is 0 Å². The smallest absolute Gasteiger partial charge is 0.243 e. The fraction of sp³-hybridized carbons (Fsp3) is 0.833. The molecule has 20 heavy (non-hydrogen) atoms. The standard InChI is InChI=1S/C10H17NO.C8H18/c1-3-10(12)11-9-6-4-5-8(2)7-9;1-3-5-7-8-6-4-2/h3,8-9H,1,4-7H2,2H3,(H,11,12);3-8H2,1-2H3. The van der Waals surface area contributed by atoms with Crippen molar-refractivity contribution in [3.63, 3.8) is 0 Å². The largest absolute Gasteiger partial charge is 0.350 e. The molecule has 0 radical (unpaired) electrons. The minimum Gasteiger partial charge on any atom is -0.350 e. The highest BCUT2D eigenvalue weighted by molar-refractivity contribution is 5.87. The quantitative estimate of drug-likeness (QED) is 0.502. The summed E-state index contributed by atoms with van der Waals surface area (Å²) in [6, 6.07) is 0.388. The zero-order valence-corrected chi connectivity index (χ0v) is 13.9. The molecule has 2 unspecified atom stereocenters. The summed E-state index contributed by atoms with van der Waals surface area (Å²) in [5.74, 6) is 0.725. The van der Waals surface area contributed by atoms with Crippen LogP contribution < -0.4 is 5.32 Å². The van der Waals surface area contributed by atoms with Crippen LogP contribution in [0.5, 0.6) is 0 Å². The van der Waals surface area contributed by atoms with Gasteiger partial charge in [0.15, 0.2) is 0 Å². The molecule has 0 spiro atoms. The third-order valence-corrected chi connectivity index (χ3v) is 3.93. The van der Waals surface area contributed by atoms with Crippen LogP contribution in [-0.4, -0.2) is 11.9 Å². The van der Waals surface area contributed by atoms with Crippen LogP contribution in [-0.2, 0) is 4.79 Å². The number of hydrogen-bond donors (Lipinski definition) is 1. The molecule has 2 atom stereocenters. The molecule has 0 bridgehead atoms. The minimum atomic E-state index is -0.0332. The maximum atomic E-state index is 11.0. The fourth-order valence-electron chi connectivity index (χ4n) is 2.68. The molecule has 0 aromatic carbocycles. The molecule has 2 heteroatoms. The van der Waals surface area contributed by atoms with Crippen LogP contribution in [0.1, 0.15) is 85.0 Å². The Balaban J connectivity index is 0.000000396. The molecule has 0 aromatic heterocycles. The van der Waals surface area contributed by atoms with E-state index in [2.05, 4.69) is 32.7 Å². The van der Waals surface area contributed by atoms with Gasteiger partial charge in [-0.15, -0.1) is 0 Å². The highest BCUT2D eigenvalue weighted by Gasteiger charge is 2.19. The molecular formula is C18H35NO. The first-order valence-electron chi connectivity index (χ1n) is 8.56. The maximum absolute atomic E-state index is 11.0. The zero-order chi connectivity index (χ0) is 15.2. The minimum absolute atomic E-state index is 0.0332. The van der Waals surface area contributed by atoms with Crippen molar-refractivity contribution in [3.05, 3.63) is 12.7 Å². The van der Waals surface area contributed by atoms with Crippen LogP contribution >= 0.6 is 0 Å². The summed E-state index contributed by atoms with van der Waals surface area (Å²) < 4.78 is 0. The van der Waals surface area contributed by atoms with Gasteiger partial charge in [-0.1, -0.05) is 78.7 Å². The van der Waals surface area contributed by atoms with Crippen LogP contribution in [0.2, 0.25) is 0 Å². The summed E-state index contributed by atoms with van der Waals surface area (Å²) in [6.07, 6.45) is 14.6. The summed E-state index contributed by atoms with van der Waals surface area (Å²) in [5.41, 5.74) is 0. The van der Waals surface area contributed by atoms with E-state index in [0.717, 1.165) is 18.8 Å². The van der Waals surface area contributed by atoms with Crippen LogP contribution in [0.15, 0.2) is 12.7 Å². The van der Waals surface area contributed by atoms with Gasteiger partial charge < -0.3 is 5.32 Å². The number of carbonyl (C=O) groups is 1. The first-order chi connectivity index (χ1) is 9.63. The van der Waals surface area contributed by atoms with Crippen molar-refractivity contribution in [3.8, 4) is 0 Å².